The molecule has 0 saturated heterocycles. The number of fused-ring (bicyclic) bond motifs is 1. The van der Waals surface area contributed by atoms with Crippen molar-refractivity contribution in [2.45, 2.75) is 23.8 Å². The zero-order chi connectivity index (χ0) is 17.1. The van der Waals surface area contributed by atoms with Gasteiger partial charge in [0.05, 0.1) is 11.3 Å². The standard InChI is InChI=1S/C23H18NS2.ClH/c1-2-8-17-16(7-1)19-15-23(20-10-5-13-25-20,21-11-6-14-26-21)22(17)18-9-3-4-12-24(18)19;/h1-14,19,22H,15H2;1H/q+1;/p-1. The van der Waals surface area contributed by atoms with Gasteiger partial charge in [0.2, 0.25) is 0 Å². The average Bonchev–Trinajstić information content (AvgIpc) is 3.42. The molecule has 4 heteroatoms. The van der Waals surface area contributed by atoms with Gasteiger partial charge in [-0.3, -0.25) is 0 Å². The lowest BCUT2D eigenvalue weighted by molar-refractivity contribution is -0.732. The summed E-state index contributed by atoms with van der Waals surface area (Å²) >= 11 is 3.83. The molecule has 134 valence electrons. The Morgan fingerprint density at radius 2 is 1.44 bits per heavy atom. The molecule has 2 aliphatic heterocycles. The maximum absolute atomic E-state index is 2.52. The summed E-state index contributed by atoms with van der Waals surface area (Å²) in [5, 5.41) is 4.47. The van der Waals surface area contributed by atoms with Gasteiger partial charge < -0.3 is 12.4 Å². The molecule has 4 aromatic rings. The summed E-state index contributed by atoms with van der Waals surface area (Å²) in [5.74, 6) is 0.363. The van der Waals surface area contributed by atoms with Crippen molar-refractivity contribution in [2.24, 2.45) is 0 Å². The van der Waals surface area contributed by atoms with E-state index in [9.17, 15) is 0 Å². The monoisotopic (exact) mass is 407 g/mol. The first-order chi connectivity index (χ1) is 12.9. The van der Waals surface area contributed by atoms with Gasteiger partial charge >= 0.3 is 0 Å². The fourth-order valence-corrected chi connectivity index (χ4v) is 7.23. The Labute approximate surface area is 173 Å². The lowest BCUT2D eigenvalue weighted by Gasteiger charge is -2.48. The van der Waals surface area contributed by atoms with Crippen LogP contribution in [0.3, 0.4) is 0 Å². The van der Waals surface area contributed by atoms with E-state index in [0.29, 0.717) is 12.0 Å². The third-order valence-corrected chi connectivity index (χ3v) is 8.25. The summed E-state index contributed by atoms with van der Waals surface area (Å²) in [6.45, 7) is 0. The molecule has 0 fully saturated rings. The van der Waals surface area contributed by atoms with Gasteiger partial charge in [0.15, 0.2) is 17.9 Å². The predicted molar refractivity (Wildman–Crippen MR) is 107 cm³/mol. The molecule has 1 aliphatic carbocycles. The lowest BCUT2D eigenvalue weighted by Crippen LogP contribution is -3.00. The second-order valence-electron chi connectivity index (χ2n) is 7.24. The van der Waals surface area contributed by atoms with E-state index in [-0.39, 0.29) is 17.8 Å². The van der Waals surface area contributed by atoms with E-state index in [0.717, 1.165) is 6.42 Å². The highest BCUT2D eigenvalue weighted by atomic mass is 35.5. The topological polar surface area (TPSA) is 3.88 Å². The highest BCUT2D eigenvalue weighted by Gasteiger charge is 2.60. The SMILES string of the molecule is [Cl-].c1csc(C2(c3cccs3)CC3c4ccccc4C2c2cccc[n+]23)c1. The largest absolute Gasteiger partial charge is 1.00 e. The fourth-order valence-electron chi connectivity index (χ4n) is 5.21. The quantitative estimate of drug-likeness (QED) is 0.449. The van der Waals surface area contributed by atoms with Crippen LogP contribution in [-0.2, 0) is 5.41 Å². The average molecular weight is 408 g/mol. The van der Waals surface area contributed by atoms with Crippen LogP contribution in [0.4, 0.5) is 0 Å². The molecular formula is C23H18ClNS2. The first-order valence-electron chi connectivity index (χ1n) is 9.06. The van der Waals surface area contributed by atoms with Gasteiger partial charge in [-0.25, -0.2) is 0 Å². The van der Waals surface area contributed by atoms with E-state index in [2.05, 4.69) is 88.3 Å². The van der Waals surface area contributed by atoms with Crippen LogP contribution in [0.25, 0.3) is 0 Å². The Morgan fingerprint density at radius 3 is 2.11 bits per heavy atom. The molecule has 0 radical (unpaired) electrons. The van der Waals surface area contributed by atoms with Crippen LogP contribution in [0.15, 0.2) is 83.7 Å². The number of aromatic nitrogens is 1. The fraction of sp³-hybridized carbons (Fsp3) is 0.174. The summed E-state index contributed by atoms with van der Waals surface area (Å²) in [7, 11) is 0. The van der Waals surface area contributed by atoms with Gasteiger partial charge in [0, 0.05) is 33.9 Å². The molecule has 2 unspecified atom stereocenters. The van der Waals surface area contributed by atoms with E-state index in [4.69, 9.17) is 0 Å². The van der Waals surface area contributed by atoms with Crippen LogP contribution >= 0.6 is 22.7 Å². The maximum atomic E-state index is 2.52. The molecule has 3 aromatic heterocycles. The minimum atomic E-state index is 0. The first kappa shape index (κ1) is 17.2. The van der Waals surface area contributed by atoms with Gasteiger partial charge in [0.1, 0.15) is 0 Å². The van der Waals surface area contributed by atoms with Crippen LogP contribution in [0.1, 0.15) is 45.0 Å². The molecule has 7 rings (SSSR count). The van der Waals surface area contributed by atoms with Crippen molar-refractivity contribution in [3.63, 3.8) is 0 Å². The van der Waals surface area contributed by atoms with Crippen molar-refractivity contribution in [2.75, 3.05) is 0 Å². The van der Waals surface area contributed by atoms with E-state index < -0.39 is 0 Å². The molecule has 2 bridgehead atoms. The van der Waals surface area contributed by atoms with Crippen molar-refractivity contribution < 1.29 is 17.0 Å². The second kappa shape index (κ2) is 6.30. The van der Waals surface area contributed by atoms with Crippen LogP contribution < -0.4 is 17.0 Å². The zero-order valence-corrected chi connectivity index (χ0v) is 17.0. The van der Waals surface area contributed by atoms with Gasteiger partial charge in [0.25, 0.3) is 0 Å². The predicted octanol–water partition coefficient (Wildman–Crippen LogP) is 2.53. The molecule has 2 atom stereocenters. The number of hydrogen-bond acceptors (Lipinski definition) is 2. The van der Waals surface area contributed by atoms with Crippen molar-refractivity contribution in [1.82, 2.24) is 0 Å². The Balaban J connectivity index is 0.00000160. The molecule has 5 heterocycles. The van der Waals surface area contributed by atoms with Crippen molar-refractivity contribution in [1.29, 1.82) is 0 Å². The van der Waals surface area contributed by atoms with E-state index in [1.165, 1.54) is 26.6 Å². The molecule has 0 N–H and O–H groups in total. The Hall–Kier alpha value is -1.94. The van der Waals surface area contributed by atoms with Gasteiger partial charge in [-0.1, -0.05) is 42.5 Å². The molecule has 3 aliphatic rings. The van der Waals surface area contributed by atoms with E-state index in [1.807, 2.05) is 22.7 Å². The van der Waals surface area contributed by atoms with Crippen molar-refractivity contribution in [3.8, 4) is 0 Å². The molecular weight excluding hydrogens is 390 g/mol. The highest BCUT2D eigenvalue weighted by molar-refractivity contribution is 7.11. The summed E-state index contributed by atoms with van der Waals surface area (Å²) in [6.07, 6.45) is 3.41. The maximum Gasteiger partial charge on any atom is 0.190 e. The normalized spacial score (nSPS) is 21.2. The molecule has 1 nitrogen and oxygen atoms in total. The van der Waals surface area contributed by atoms with Gasteiger partial charge in [-0.05, 0) is 28.5 Å². The molecule has 0 saturated carbocycles. The molecule has 0 spiro atoms. The minimum Gasteiger partial charge on any atom is -1.00 e. The van der Waals surface area contributed by atoms with E-state index in [1.54, 1.807) is 0 Å². The Morgan fingerprint density at radius 1 is 0.778 bits per heavy atom. The van der Waals surface area contributed by atoms with Crippen molar-refractivity contribution >= 4 is 22.7 Å². The highest BCUT2D eigenvalue weighted by Crippen LogP contribution is 2.60. The number of halogens is 1. The summed E-state index contributed by atoms with van der Waals surface area (Å²) in [5.41, 5.74) is 4.51. The smallest absolute Gasteiger partial charge is 0.190 e. The summed E-state index contributed by atoms with van der Waals surface area (Å²) in [6, 6.07) is 25.3. The summed E-state index contributed by atoms with van der Waals surface area (Å²) < 4.78 is 2.52. The lowest BCUT2D eigenvalue weighted by atomic mass is 9.57. The third-order valence-electron chi connectivity index (χ3n) is 6.15. The Kier molecular flexibility index (Phi) is 4.01. The van der Waals surface area contributed by atoms with Crippen LogP contribution in [0.5, 0.6) is 0 Å². The van der Waals surface area contributed by atoms with Crippen LogP contribution in [0, 0.1) is 0 Å². The number of hydrogen-bond donors (Lipinski definition) is 0. The first-order valence-corrected chi connectivity index (χ1v) is 10.8. The molecule has 27 heavy (non-hydrogen) atoms. The van der Waals surface area contributed by atoms with E-state index >= 15 is 0 Å². The van der Waals surface area contributed by atoms with Gasteiger partial charge in [-0.2, -0.15) is 4.57 Å². The van der Waals surface area contributed by atoms with Crippen LogP contribution in [0.2, 0.25) is 0 Å². The molecule has 0 amide bonds. The number of nitrogens with zero attached hydrogens (tertiary/aromatic N) is 1. The number of thiophene rings is 2. The third kappa shape index (κ3) is 2.19. The number of rotatable bonds is 2. The van der Waals surface area contributed by atoms with Gasteiger partial charge in [-0.15, -0.1) is 22.7 Å². The molecule has 1 aromatic carbocycles. The number of benzene rings is 1. The summed E-state index contributed by atoms with van der Waals surface area (Å²) in [4.78, 5) is 3.00. The minimum absolute atomic E-state index is 0. The number of pyridine rings is 1. The zero-order valence-electron chi connectivity index (χ0n) is 14.6. The van der Waals surface area contributed by atoms with Crippen LogP contribution in [-0.4, -0.2) is 0 Å². The Bertz CT molecular complexity index is 1000. The second-order valence-corrected chi connectivity index (χ2v) is 9.14. The van der Waals surface area contributed by atoms with Crippen molar-refractivity contribution in [3.05, 3.63) is 110 Å².